The van der Waals surface area contributed by atoms with Gasteiger partial charge in [-0.25, -0.2) is 9.67 Å². The molecule has 3 aromatic heterocycles. The van der Waals surface area contributed by atoms with Crippen LogP contribution in [-0.4, -0.2) is 19.3 Å². The van der Waals surface area contributed by atoms with E-state index in [0.29, 0.717) is 5.92 Å². The third-order valence-corrected chi connectivity index (χ3v) is 9.84. The summed E-state index contributed by atoms with van der Waals surface area (Å²) in [5.74, 6) is 2.85. The number of aromatic nitrogens is 4. The molecule has 0 aliphatic rings. The molecule has 0 unspecified atom stereocenters. The van der Waals surface area contributed by atoms with Crippen LogP contribution in [0.4, 0.5) is 0 Å². The second-order valence-electron chi connectivity index (χ2n) is 12.8. The molecule has 7 rings (SSSR count). The smallest absolute Gasteiger partial charge is 0.137 e. The van der Waals surface area contributed by atoms with E-state index in [0.717, 1.165) is 52.4 Å². The molecule has 0 amide bonds. The van der Waals surface area contributed by atoms with Gasteiger partial charge in [0.2, 0.25) is 0 Å². The SMILES string of the molecule is CCc1c(C)c(C)c(C)c(CC)c1-c1cnn(-c2cccc(Oc3ccc4c5ccccc5n(-c5cc(C(C)C)ccn5)c4c3)c2)c1. The standard InChI is InChI=1S/C42H42N4O/c1-8-35-28(6)27(5)29(7)36(9-2)42(35)31-24-44-45(25-31)32-13-12-14-33(22-32)47-34-17-18-38-37-15-10-11-16-39(37)46(40(38)23-34)41-21-30(26(3)4)19-20-43-41/h10-26H,8-9H2,1-7H3. The van der Waals surface area contributed by atoms with Crippen LogP contribution in [0.5, 0.6) is 11.5 Å². The van der Waals surface area contributed by atoms with Crippen molar-refractivity contribution in [1.29, 1.82) is 0 Å². The first-order valence-corrected chi connectivity index (χ1v) is 16.7. The highest BCUT2D eigenvalue weighted by Crippen LogP contribution is 2.38. The van der Waals surface area contributed by atoms with E-state index in [2.05, 4.69) is 126 Å². The van der Waals surface area contributed by atoms with Gasteiger partial charge in [-0.05, 0) is 121 Å². The van der Waals surface area contributed by atoms with E-state index < -0.39 is 0 Å². The van der Waals surface area contributed by atoms with Crippen molar-refractivity contribution in [1.82, 2.24) is 19.3 Å². The van der Waals surface area contributed by atoms with E-state index in [-0.39, 0.29) is 0 Å². The third-order valence-electron chi connectivity index (χ3n) is 9.84. The van der Waals surface area contributed by atoms with E-state index >= 15 is 0 Å². The second kappa shape index (κ2) is 12.2. The maximum absolute atomic E-state index is 6.53. The zero-order valence-corrected chi connectivity index (χ0v) is 28.4. The lowest BCUT2D eigenvalue weighted by molar-refractivity contribution is 0.483. The highest BCUT2D eigenvalue weighted by Gasteiger charge is 2.19. The minimum absolute atomic E-state index is 0.411. The summed E-state index contributed by atoms with van der Waals surface area (Å²) in [6.45, 7) is 15.7. The zero-order chi connectivity index (χ0) is 32.8. The molecule has 4 aromatic carbocycles. The molecule has 0 N–H and O–H groups in total. The molecule has 3 heterocycles. The van der Waals surface area contributed by atoms with Gasteiger partial charge < -0.3 is 4.74 Å². The van der Waals surface area contributed by atoms with Crippen molar-refractivity contribution in [3.8, 4) is 34.1 Å². The van der Waals surface area contributed by atoms with Crippen molar-refractivity contribution < 1.29 is 4.74 Å². The molecule has 47 heavy (non-hydrogen) atoms. The van der Waals surface area contributed by atoms with Crippen molar-refractivity contribution >= 4 is 21.8 Å². The molecule has 0 saturated carbocycles. The van der Waals surface area contributed by atoms with Crippen molar-refractivity contribution in [2.45, 2.75) is 67.2 Å². The Labute approximate surface area is 277 Å². The summed E-state index contributed by atoms with van der Waals surface area (Å²) in [5.41, 5.74) is 13.9. The number of ether oxygens (including phenoxy) is 1. The fraction of sp³-hybridized carbons (Fsp3) is 0.238. The number of hydrogen-bond donors (Lipinski definition) is 0. The van der Waals surface area contributed by atoms with Crippen LogP contribution in [0.3, 0.4) is 0 Å². The van der Waals surface area contributed by atoms with E-state index in [9.17, 15) is 0 Å². The van der Waals surface area contributed by atoms with Crippen LogP contribution < -0.4 is 4.74 Å². The molecular formula is C42H42N4O. The van der Waals surface area contributed by atoms with Crippen molar-refractivity contribution in [2.75, 3.05) is 0 Å². The highest BCUT2D eigenvalue weighted by molar-refractivity contribution is 6.09. The van der Waals surface area contributed by atoms with Crippen LogP contribution >= 0.6 is 0 Å². The number of fused-ring (bicyclic) bond motifs is 3. The van der Waals surface area contributed by atoms with Gasteiger partial charge in [-0.3, -0.25) is 4.57 Å². The Morgan fingerprint density at radius 3 is 2.19 bits per heavy atom. The predicted molar refractivity (Wildman–Crippen MR) is 195 cm³/mol. The van der Waals surface area contributed by atoms with E-state index in [1.54, 1.807) is 0 Å². The van der Waals surface area contributed by atoms with Crippen molar-refractivity contribution in [3.05, 3.63) is 131 Å². The number of benzene rings is 4. The number of hydrogen-bond acceptors (Lipinski definition) is 3. The summed E-state index contributed by atoms with van der Waals surface area (Å²) in [6, 6.07) is 27.3. The molecule has 0 bridgehead atoms. The monoisotopic (exact) mass is 618 g/mol. The topological polar surface area (TPSA) is 44.9 Å². The van der Waals surface area contributed by atoms with Crippen LogP contribution in [0.15, 0.2) is 97.5 Å². The van der Waals surface area contributed by atoms with E-state index in [1.165, 1.54) is 49.7 Å². The van der Waals surface area contributed by atoms with E-state index in [1.807, 2.05) is 29.2 Å². The Morgan fingerprint density at radius 1 is 0.723 bits per heavy atom. The summed E-state index contributed by atoms with van der Waals surface area (Å²) in [7, 11) is 0. The van der Waals surface area contributed by atoms with Gasteiger partial charge in [-0.2, -0.15) is 5.10 Å². The van der Waals surface area contributed by atoms with Gasteiger partial charge in [0, 0.05) is 40.9 Å². The lowest BCUT2D eigenvalue weighted by Crippen LogP contribution is -2.04. The predicted octanol–water partition coefficient (Wildman–Crippen LogP) is 11.0. The number of nitrogens with zero attached hydrogens (tertiary/aromatic N) is 4. The Bertz CT molecular complexity index is 2240. The second-order valence-corrected chi connectivity index (χ2v) is 12.8. The van der Waals surface area contributed by atoms with E-state index in [4.69, 9.17) is 14.8 Å². The minimum atomic E-state index is 0.411. The fourth-order valence-corrected chi connectivity index (χ4v) is 7.12. The average Bonchev–Trinajstić information content (AvgIpc) is 3.70. The van der Waals surface area contributed by atoms with Gasteiger partial charge in [-0.15, -0.1) is 0 Å². The Hall–Kier alpha value is -5.16. The molecule has 0 spiro atoms. The molecular weight excluding hydrogens is 576 g/mol. The molecule has 0 saturated heterocycles. The Morgan fingerprint density at radius 2 is 1.45 bits per heavy atom. The molecule has 0 atom stereocenters. The number of para-hydroxylation sites is 1. The van der Waals surface area contributed by atoms with Crippen LogP contribution in [0.25, 0.3) is 44.4 Å². The number of pyridine rings is 1. The Kier molecular flexibility index (Phi) is 7.93. The van der Waals surface area contributed by atoms with Gasteiger partial charge in [-0.1, -0.05) is 52.0 Å². The molecule has 7 aromatic rings. The Balaban J connectivity index is 1.26. The molecule has 0 radical (unpaired) electrons. The average molecular weight is 619 g/mol. The largest absolute Gasteiger partial charge is 0.457 e. The minimum Gasteiger partial charge on any atom is -0.457 e. The maximum atomic E-state index is 6.53. The third kappa shape index (κ3) is 5.30. The molecule has 5 heteroatoms. The highest BCUT2D eigenvalue weighted by atomic mass is 16.5. The first kappa shape index (κ1) is 30.5. The summed E-state index contributed by atoms with van der Waals surface area (Å²) >= 11 is 0. The fourth-order valence-electron chi connectivity index (χ4n) is 7.12. The normalized spacial score (nSPS) is 11.7. The van der Waals surface area contributed by atoms with Crippen molar-refractivity contribution in [2.24, 2.45) is 0 Å². The van der Waals surface area contributed by atoms with Crippen molar-refractivity contribution in [3.63, 3.8) is 0 Å². The molecule has 236 valence electrons. The first-order valence-electron chi connectivity index (χ1n) is 16.7. The lowest BCUT2D eigenvalue weighted by Gasteiger charge is -2.21. The summed E-state index contributed by atoms with van der Waals surface area (Å²) in [6.07, 6.45) is 8.05. The molecule has 0 aliphatic heterocycles. The van der Waals surface area contributed by atoms with Crippen LogP contribution in [0.1, 0.15) is 67.0 Å². The van der Waals surface area contributed by atoms with Crippen LogP contribution in [0, 0.1) is 20.8 Å². The maximum Gasteiger partial charge on any atom is 0.137 e. The van der Waals surface area contributed by atoms with Crippen LogP contribution in [-0.2, 0) is 12.8 Å². The van der Waals surface area contributed by atoms with Crippen LogP contribution in [0.2, 0.25) is 0 Å². The number of rotatable bonds is 8. The lowest BCUT2D eigenvalue weighted by atomic mass is 9.84. The first-order chi connectivity index (χ1) is 22.8. The molecule has 0 fully saturated rings. The summed E-state index contributed by atoms with van der Waals surface area (Å²) in [4.78, 5) is 4.80. The zero-order valence-electron chi connectivity index (χ0n) is 28.4. The molecule has 5 nitrogen and oxygen atoms in total. The van der Waals surface area contributed by atoms with Gasteiger partial charge in [0.15, 0.2) is 0 Å². The summed E-state index contributed by atoms with van der Waals surface area (Å²) < 4.78 is 10.7. The van der Waals surface area contributed by atoms with Gasteiger partial charge >= 0.3 is 0 Å². The quantitative estimate of drug-likeness (QED) is 0.170. The van der Waals surface area contributed by atoms with Gasteiger partial charge in [0.05, 0.1) is 22.9 Å². The van der Waals surface area contributed by atoms with Gasteiger partial charge in [0.25, 0.3) is 0 Å². The summed E-state index contributed by atoms with van der Waals surface area (Å²) in [5, 5.41) is 7.19. The molecule has 0 aliphatic carbocycles. The van der Waals surface area contributed by atoms with Gasteiger partial charge in [0.1, 0.15) is 17.3 Å².